The highest BCUT2D eigenvalue weighted by Gasteiger charge is 2.04. The Hall–Kier alpha value is -1.96. The van der Waals surface area contributed by atoms with Crippen molar-refractivity contribution < 1.29 is 4.74 Å². The van der Waals surface area contributed by atoms with Gasteiger partial charge in [0.25, 0.3) is 0 Å². The molecule has 2 aromatic carbocycles. The Morgan fingerprint density at radius 1 is 1.05 bits per heavy atom. The maximum atomic E-state index is 5.82. The summed E-state index contributed by atoms with van der Waals surface area (Å²) in [6.07, 6.45) is 1.02. The Morgan fingerprint density at radius 2 is 1.85 bits per heavy atom. The molecule has 0 radical (unpaired) electrons. The third-order valence-electron chi connectivity index (χ3n) is 3.33. The molecule has 0 heterocycles. The number of nitrogens with one attached hydrogen (secondary N) is 1. The average Bonchev–Trinajstić information content (AvgIpc) is 2.45. The zero-order valence-corrected chi connectivity index (χ0v) is 12.6. The number of hydrogen-bond acceptors (Lipinski definition) is 2. The van der Waals surface area contributed by atoms with Gasteiger partial charge in [0.2, 0.25) is 0 Å². The maximum Gasteiger partial charge on any atom is 0.142 e. The van der Waals surface area contributed by atoms with Crippen LogP contribution >= 0.6 is 0 Å². The van der Waals surface area contributed by atoms with Gasteiger partial charge in [-0.1, -0.05) is 37.3 Å². The number of hydrogen-bond donors (Lipinski definition) is 1. The largest absolute Gasteiger partial charge is 0.491 e. The molecule has 0 amide bonds. The SMILES string of the molecule is CCCOc1cc(C)ccc1NCc1ccccc1C. The second-order valence-corrected chi connectivity index (χ2v) is 5.13. The van der Waals surface area contributed by atoms with E-state index in [9.17, 15) is 0 Å². The third kappa shape index (κ3) is 3.77. The minimum atomic E-state index is 0.752. The molecular formula is C18H23NO. The smallest absolute Gasteiger partial charge is 0.142 e. The van der Waals surface area contributed by atoms with E-state index in [4.69, 9.17) is 4.74 Å². The molecule has 2 nitrogen and oxygen atoms in total. The number of anilines is 1. The summed E-state index contributed by atoms with van der Waals surface area (Å²) >= 11 is 0. The van der Waals surface area contributed by atoms with Crippen LogP contribution in [0.25, 0.3) is 0 Å². The van der Waals surface area contributed by atoms with E-state index < -0.39 is 0 Å². The molecule has 0 saturated carbocycles. The number of ether oxygens (including phenoxy) is 1. The van der Waals surface area contributed by atoms with Gasteiger partial charge in [0.05, 0.1) is 12.3 Å². The van der Waals surface area contributed by atoms with E-state index in [1.807, 2.05) is 0 Å². The molecule has 20 heavy (non-hydrogen) atoms. The molecule has 2 rings (SSSR count). The molecule has 0 saturated heterocycles. The van der Waals surface area contributed by atoms with Crippen LogP contribution in [0.15, 0.2) is 42.5 Å². The Kier molecular flexibility index (Phi) is 5.05. The molecule has 0 aromatic heterocycles. The molecule has 0 aliphatic carbocycles. The fourth-order valence-corrected chi connectivity index (χ4v) is 2.11. The van der Waals surface area contributed by atoms with Crippen LogP contribution in [0.1, 0.15) is 30.0 Å². The summed E-state index contributed by atoms with van der Waals surface area (Å²) in [5.41, 5.74) is 4.91. The third-order valence-corrected chi connectivity index (χ3v) is 3.33. The van der Waals surface area contributed by atoms with Crippen LogP contribution in [0, 0.1) is 13.8 Å². The minimum Gasteiger partial charge on any atom is -0.491 e. The number of aryl methyl sites for hydroxylation is 2. The van der Waals surface area contributed by atoms with Crippen LogP contribution in [0.2, 0.25) is 0 Å². The molecular weight excluding hydrogens is 246 g/mol. The molecule has 0 fully saturated rings. The van der Waals surface area contributed by atoms with Crippen molar-refractivity contribution in [3.05, 3.63) is 59.2 Å². The zero-order chi connectivity index (χ0) is 14.4. The van der Waals surface area contributed by atoms with Crippen molar-refractivity contribution >= 4 is 5.69 Å². The highest BCUT2D eigenvalue weighted by Crippen LogP contribution is 2.26. The topological polar surface area (TPSA) is 21.3 Å². The van der Waals surface area contributed by atoms with E-state index in [1.165, 1.54) is 16.7 Å². The molecule has 0 bridgehead atoms. The number of rotatable bonds is 6. The van der Waals surface area contributed by atoms with Crippen LogP contribution in [0.4, 0.5) is 5.69 Å². The molecule has 0 unspecified atom stereocenters. The lowest BCUT2D eigenvalue weighted by molar-refractivity contribution is 0.318. The fraction of sp³-hybridized carbons (Fsp3) is 0.333. The van der Waals surface area contributed by atoms with Crippen molar-refractivity contribution in [1.29, 1.82) is 0 Å². The van der Waals surface area contributed by atoms with Crippen molar-refractivity contribution in [3.8, 4) is 5.75 Å². The van der Waals surface area contributed by atoms with Gasteiger partial charge in [-0.15, -0.1) is 0 Å². The van der Waals surface area contributed by atoms with Gasteiger partial charge in [0.1, 0.15) is 5.75 Å². The van der Waals surface area contributed by atoms with E-state index in [-0.39, 0.29) is 0 Å². The van der Waals surface area contributed by atoms with Crippen LogP contribution < -0.4 is 10.1 Å². The van der Waals surface area contributed by atoms with E-state index in [2.05, 4.69) is 68.6 Å². The van der Waals surface area contributed by atoms with Gasteiger partial charge in [-0.05, 0) is 49.1 Å². The first-order valence-electron chi connectivity index (χ1n) is 7.22. The molecule has 1 N–H and O–H groups in total. The highest BCUT2D eigenvalue weighted by atomic mass is 16.5. The van der Waals surface area contributed by atoms with E-state index in [0.29, 0.717) is 0 Å². The van der Waals surface area contributed by atoms with Crippen molar-refractivity contribution in [1.82, 2.24) is 0 Å². The Morgan fingerprint density at radius 3 is 2.60 bits per heavy atom. The zero-order valence-electron chi connectivity index (χ0n) is 12.6. The maximum absolute atomic E-state index is 5.82. The first-order chi connectivity index (χ1) is 9.70. The molecule has 2 aromatic rings. The lowest BCUT2D eigenvalue weighted by Gasteiger charge is -2.14. The van der Waals surface area contributed by atoms with Gasteiger partial charge in [-0.25, -0.2) is 0 Å². The highest BCUT2D eigenvalue weighted by molar-refractivity contribution is 5.58. The lowest BCUT2D eigenvalue weighted by Crippen LogP contribution is -2.04. The molecule has 0 aliphatic rings. The summed E-state index contributed by atoms with van der Waals surface area (Å²) in [6, 6.07) is 14.7. The number of benzene rings is 2. The van der Waals surface area contributed by atoms with Crippen molar-refractivity contribution in [2.24, 2.45) is 0 Å². The average molecular weight is 269 g/mol. The molecule has 106 valence electrons. The normalized spacial score (nSPS) is 10.3. The Balaban J connectivity index is 2.10. The molecule has 0 aliphatic heterocycles. The summed E-state index contributed by atoms with van der Waals surface area (Å²) in [7, 11) is 0. The van der Waals surface area contributed by atoms with E-state index >= 15 is 0 Å². The van der Waals surface area contributed by atoms with Gasteiger partial charge in [-0.3, -0.25) is 0 Å². The summed E-state index contributed by atoms with van der Waals surface area (Å²) in [5, 5.41) is 3.48. The van der Waals surface area contributed by atoms with E-state index in [1.54, 1.807) is 0 Å². The second kappa shape index (κ2) is 6.99. The van der Waals surface area contributed by atoms with Gasteiger partial charge >= 0.3 is 0 Å². The quantitative estimate of drug-likeness (QED) is 0.820. The summed E-state index contributed by atoms with van der Waals surface area (Å²) < 4.78 is 5.82. The Labute approximate surface area is 121 Å². The minimum absolute atomic E-state index is 0.752. The second-order valence-electron chi connectivity index (χ2n) is 5.13. The van der Waals surface area contributed by atoms with Crippen molar-refractivity contribution in [2.45, 2.75) is 33.7 Å². The standard InChI is InChI=1S/C18H23NO/c1-4-11-20-18-12-14(2)9-10-17(18)19-13-16-8-6-5-7-15(16)3/h5-10,12,19H,4,11,13H2,1-3H3. The van der Waals surface area contributed by atoms with Crippen LogP contribution in [-0.4, -0.2) is 6.61 Å². The molecule has 2 heteroatoms. The van der Waals surface area contributed by atoms with Gasteiger partial charge in [-0.2, -0.15) is 0 Å². The predicted octanol–water partition coefficient (Wildman–Crippen LogP) is 4.70. The van der Waals surface area contributed by atoms with Gasteiger partial charge < -0.3 is 10.1 Å². The van der Waals surface area contributed by atoms with E-state index in [0.717, 1.165) is 31.0 Å². The van der Waals surface area contributed by atoms with Crippen molar-refractivity contribution in [3.63, 3.8) is 0 Å². The van der Waals surface area contributed by atoms with Crippen molar-refractivity contribution in [2.75, 3.05) is 11.9 Å². The van der Waals surface area contributed by atoms with Crippen LogP contribution in [0.5, 0.6) is 5.75 Å². The van der Waals surface area contributed by atoms with Gasteiger partial charge in [0, 0.05) is 6.54 Å². The predicted molar refractivity (Wildman–Crippen MR) is 85.5 cm³/mol. The monoisotopic (exact) mass is 269 g/mol. The molecule has 0 atom stereocenters. The van der Waals surface area contributed by atoms with Gasteiger partial charge in [0.15, 0.2) is 0 Å². The summed E-state index contributed by atoms with van der Waals surface area (Å²) in [6.45, 7) is 7.92. The summed E-state index contributed by atoms with van der Waals surface area (Å²) in [4.78, 5) is 0. The fourth-order valence-electron chi connectivity index (χ4n) is 2.11. The molecule has 0 spiro atoms. The first-order valence-corrected chi connectivity index (χ1v) is 7.22. The van der Waals surface area contributed by atoms with Crippen LogP contribution in [-0.2, 0) is 6.54 Å². The summed E-state index contributed by atoms with van der Waals surface area (Å²) in [5.74, 6) is 0.945. The Bertz CT molecular complexity index is 563. The van der Waals surface area contributed by atoms with Crippen LogP contribution in [0.3, 0.4) is 0 Å². The lowest BCUT2D eigenvalue weighted by atomic mass is 10.1. The first kappa shape index (κ1) is 14.4.